The SMILES string of the molecule is COc1cc(/C=C\C(=O)N2CCC[C@@H]3CCC[C@H](C)[C@H]32)ccc1OCc1c(C)noc1C. The highest BCUT2D eigenvalue weighted by molar-refractivity contribution is 5.92. The molecule has 0 unspecified atom stereocenters. The van der Waals surface area contributed by atoms with Gasteiger partial charge in [0.1, 0.15) is 12.4 Å². The van der Waals surface area contributed by atoms with Crippen molar-refractivity contribution in [3.05, 3.63) is 46.9 Å². The van der Waals surface area contributed by atoms with Crippen molar-refractivity contribution in [2.24, 2.45) is 11.8 Å². The quantitative estimate of drug-likeness (QED) is 0.571. The first-order chi connectivity index (χ1) is 15.5. The van der Waals surface area contributed by atoms with E-state index >= 15 is 0 Å². The monoisotopic (exact) mass is 438 g/mol. The number of benzene rings is 1. The van der Waals surface area contributed by atoms with E-state index in [1.165, 1.54) is 25.7 Å². The average molecular weight is 439 g/mol. The Balaban J connectivity index is 1.44. The van der Waals surface area contributed by atoms with E-state index in [9.17, 15) is 4.79 Å². The van der Waals surface area contributed by atoms with Crippen LogP contribution in [-0.2, 0) is 11.4 Å². The van der Waals surface area contributed by atoms with Crippen LogP contribution < -0.4 is 9.47 Å². The maximum Gasteiger partial charge on any atom is 0.246 e. The zero-order valence-electron chi connectivity index (χ0n) is 19.6. The Morgan fingerprint density at radius 1 is 1.22 bits per heavy atom. The average Bonchev–Trinajstić information content (AvgIpc) is 3.13. The molecule has 0 N–H and O–H groups in total. The van der Waals surface area contributed by atoms with E-state index in [1.54, 1.807) is 13.2 Å². The number of hydrogen-bond donors (Lipinski definition) is 0. The van der Waals surface area contributed by atoms with Gasteiger partial charge in [-0.25, -0.2) is 0 Å². The number of carbonyl (C=O) groups is 1. The number of hydrogen-bond acceptors (Lipinski definition) is 5. The Morgan fingerprint density at radius 3 is 2.78 bits per heavy atom. The summed E-state index contributed by atoms with van der Waals surface area (Å²) in [6, 6.07) is 6.11. The molecule has 2 fully saturated rings. The molecular formula is C26H34N2O4. The summed E-state index contributed by atoms with van der Waals surface area (Å²) >= 11 is 0. The second-order valence-electron chi connectivity index (χ2n) is 9.17. The zero-order chi connectivity index (χ0) is 22.7. The summed E-state index contributed by atoms with van der Waals surface area (Å²) in [5, 5.41) is 3.96. The predicted octanol–water partition coefficient (Wildman–Crippen LogP) is 5.32. The minimum atomic E-state index is 0.117. The Hall–Kier alpha value is -2.76. The van der Waals surface area contributed by atoms with Gasteiger partial charge in [-0.1, -0.05) is 24.6 Å². The highest BCUT2D eigenvalue weighted by Gasteiger charge is 2.38. The third-order valence-electron chi connectivity index (χ3n) is 7.08. The van der Waals surface area contributed by atoms with Crippen LogP contribution in [0.4, 0.5) is 0 Å². The van der Waals surface area contributed by atoms with Gasteiger partial charge in [0.15, 0.2) is 11.5 Å². The number of nitrogens with zero attached hydrogens (tertiary/aromatic N) is 2. The van der Waals surface area contributed by atoms with Gasteiger partial charge in [-0.15, -0.1) is 0 Å². The lowest BCUT2D eigenvalue weighted by Crippen LogP contribution is -2.52. The fraction of sp³-hybridized carbons (Fsp3) is 0.538. The van der Waals surface area contributed by atoms with Crippen LogP contribution in [0.15, 0.2) is 28.8 Å². The van der Waals surface area contributed by atoms with Gasteiger partial charge in [0.05, 0.1) is 18.4 Å². The van der Waals surface area contributed by atoms with Crippen LogP contribution in [0.5, 0.6) is 11.5 Å². The fourth-order valence-electron chi connectivity index (χ4n) is 5.34. The highest BCUT2D eigenvalue weighted by atomic mass is 16.5. The summed E-state index contributed by atoms with van der Waals surface area (Å²) < 4.78 is 16.7. The van der Waals surface area contributed by atoms with Gasteiger partial charge in [0.2, 0.25) is 5.91 Å². The van der Waals surface area contributed by atoms with Crippen molar-refractivity contribution >= 4 is 12.0 Å². The molecule has 3 atom stereocenters. The summed E-state index contributed by atoms with van der Waals surface area (Å²) in [7, 11) is 1.62. The lowest BCUT2D eigenvalue weighted by molar-refractivity contribution is -0.133. The minimum absolute atomic E-state index is 0.117. The molecule has 1 aromatic heterocycles. The van der Waals surface area contributed by atoms with E-state index in [-0.39, 0.29) is 5.91 Å². The van der Waals surface area contributed by atoms with Gasteiger partial charge in [0, 0.05) is 18.7 Å². The molecule has 32 heavy (non-hydrogen) atoms. The number of rotatable bonds is 6. The first kappa shape index (κ1) is 22.4. The molecule has 2 heterocycles. The van der Waals surface area contributed by atoms with Crippen LogP contribution in [0.2, 0.25) is 0 Å². The third-order valence-corrected chi connectivity index (χ3v) is 7.08. The molecule has 1 aromatic carbocycles. The van der Waals surface area contributed by atoms with E-state index in [1.807, 2.05) is 38.1 Å². The number of fused-ring (bicyclic) bond motifs is 1. The van der Waals surface area contributed by atoms with Crippen molar-refractivity contribution in [3.8, 4) is 11.5 Å². The number of methoxy groups -OCH3 is 1. The number of piperidine rings is 1. The third kappa shape index (κ3) is 4.69. The smallest absolute Gasteiger partial charge is 0.246 e. The molecule has 2 aliphatic rings. The van der Waals surface area contributed by atoms with E-state index in [0.29, 0.717) is 36.0 Å². The van der Waals surface area contributed by atoms with Crippen molar-refractivity contribution in [2.75, 3.05) is 13.7 Å². The van der Waals surface area contributed by atoms with E-state index < -0.39 is 0 Å². The summed E-state index contributed by atoms with van der Waals surface area (Å²) in [5.74, 6) is 3.40. The molecule has 6 heteroatoms. The van der Waals surface area contributed by atoms with Crippen molar-refractivity contribution in [2.45, 2.75) is 65.5 Å². The van der Waals surface area contributed by atoms with Crippen molar-refractivity contribution in [1.82, 2.24) is 10.1 Å². The largest absolute Gasteiger partial charge is 0.493 e. The van der Waals surface area contributed by atoms with Gasteiger partial charge >= 0.3 is 0 Å². The van der Waals surface area contributed by atoms with Gasteiger partial charge in [0.25, 0.3) is 0 Å². The first-order valence-electron chi connectivity index (χ1n) is 11.7. The van der Waals surface area contributed by atoms with Crippen LogP contribution in [0, 0.1) is 25.7 Å². The van der Waals surface area contributed by atoms with Crippen molar-refractivity contribution < 1.29 is 18.8 Å². The number of carbonyl (C=O) groups excluding carboxylic acids is 1. The van der Waals surface area contributed by atoms with Crippen LogP contribution in [0.25, 0.3) is 6.08 Å². The summed E-state index contributed by atoms with van der Waals surface area (Å²) in [6.45, 7) is 7.31. The maximum absolute atomic E-state index is 13.1. The number of aromatic nitrogens is 1. The Bertz CT molecular complexity index is 959. The first-order valence-corrected chi connectivity index (χ1v) is 11.7. The Morgan fingerprint density at radius 2 is 2.03 bits per heavy atom. The van der Waals surface area contributed by atoms with Crippen molar-refractivity contribution in [3.63, 3.8) is 0 Å². The second kappa shape index (κ2) is 9.80. The Kier molecular flexibility index (Phi) is 6.87. The highest BCUT2D eigenvalue weighted by Crippen LogP contribution is 2.39. The van der Waals surface area contributed by atoms with Gasteiger partial charge in [-0.2, -0.15) is 0 Å². The molecule has 1 aliphatic carbocycles. The number of likely N-dealkylation sites (tertiary alicyclic amines) is 1. The summed E-state index contributed by atoms with van der Waals surface area (Å²) in [4.78, 5) is 15.2. The molecule has 2 aromatic rings. The molecule has 1 saturated carbocycles. The molecule has 1 saturated heterocycles. The number of ether oxygens (including phenoxy) is 2. The summed E-state index contributed by atoms with van der Waals surface area (Å²) in [5.41, 5.74) is 2.68. The zero-order valence-corrected chi connectivity index (χ0v) is 19.6. The molecule has 1 amide bonds. The molecule has 1 aliphatic heterocycles. The topological polar surface area (TPSA) is 64.8 Å². The molecule has 4 rings (SSSR count). The van der Waals surface area contributed by atoms with Crippen LogP contribution in [-0.4, -0.2) is 35.7 Å². The fourth-order valence-corrected chi connectivity index (χ4v) is 5.34. The molecular weight excluding hydrogens is 404 g/mol. The normalized spacial score (nSPS) is 23.2. The van der Waals surface area contributed by atoms with Gasteiger partial charge < -0.3 is 18.9 Å². The predicted molar refractivity (Wildman–Crippen MR) is 124 cm³/mol. The molecule has 6 nitrogen and oxygen atoms in total. The van der Waals surface area contributed by atoms with Crippen LogP contribution in [0.3, 0.4) is 0 Å². The summed E-state index contributed by atoms with van der Waals surface area (Å²) in [6.07, 6.45) is 9.73. The van der Waals surface area contributed by atoms with E-state index in [2.05, 4.69) is 17.0 Å². The number of amides is 1. The minimum Gasteiger partial charge on any atom is -0.493 e. The van der Waals surface area contributed by atoms with Crippen LogP contribution in [0.1, 0.15) is 61.6 Å². The Labute approximate surface area is 190 Å². The van der Waals surface area contributed by atoms with Gasteiger partial charge in [-0.3, -0.25) is 4.79 Å². The molecule has 0 spiro atoms. The molecule has 0 radical (unpaired) electrons. The maximum atomic E-state index is 13.1. The van der Waals surface area contributed by atoms with Crippen LogP contribution >= 0.6 is 0 Å². The second-order valence-corrected chi connectivity index (χ2v) is 9.17. The lowest BCUT2D eigenvalue weighted by Gasteiger charge is -2.47. The molecule has 172 valence electrons. The standard InChI is InChI=1S/C26H34N2O4/c1-17-7-5-8-21-9-6-14-28(26(17)21)25(29)13-11-20-10-12-23(24(15-20)30-4)31-16-22-18(2)27-32-19(22)3/h10-13,15,17,21,26H,5-9,14,16H2,1-4H3/b13-11-/t17-,21-,26+/m0/s1. The molecule has 0 bridgehead atoms. The van der Waals surface area contributed by atoms with Crippen molar-refractivity contribution in [1.29, 1.82) is 0 Å². The van der Waals surface area contributed by atoms with Gasteiger partial charge in [-0.05, 0) is 75.1 Å². The van der Waals surface area contributed by atoms with E-state index in [0.717, 1.165) is 35.5 Å². The lowest BCUT2D eigenvalue weighted by atomic mass is 9.73. The number of aryl methyl sites for hydroxylation is 2. The van der Waals surface area contributed by atoms with E-state index in [4.69, 9.17) is 14.0 Å².